The molecule has 3 aliphatic rings. The van der Waals surface area contributed by atoms with E-state index in [1.54, 1.807) is 11.0 Å². The number of nitrogens with one attached hydrogen (secondary N) is 1. The Balaban J connectivity index is 1.68. The van der Waals surface area contributed by atoms with Gasteiger partial charge in [-0.2, -0.15) is 0 Å². The van der Waals surface area contributed by atoms with Gasteiger partial charge in [-0.05, 0) is 58.7 Å². The average molecular weight is 391 g/mol. The van der Waals surface area contributed by atoms with Crippen molar-refractivity contribution in [3.05, 3.63) is 29.3 Å². The number of sulfonamides is 1. The van der Waals surface area contributed by atoms with Crippen molar-refractivity contribution in [2.75, 3.05) is 13.1 Å². The molecule has 8 heteroatoms. The summed E-state index contributed by atoms with van der Waals surface area (Å²) in [5.41, 5.74) is -0.0338. The summed E-state index contributed by atoms with van der Waals surface area (Å²) < 4.78 is 26.6. The zero-order valence-electron chi connectivity index (χ0n) is 16.1. The van der Waals surface area contributed by atoms with Crippen LogP contribution in [0.1, 0.15) is 61.3 Å². The SMILES string of the molecule is CC1(C)CN(C(=O)c2ccc3c(c2)S(=O)(=O)N(C2CC2)C3=O)CC(C)(C)N1. The van der Waals surface area contributed by atoms with Gasteiger partial charge in [0.2, 0.25) is 0 Å². The van der Waals surface area contributed by atoms with Gasteiger partial charge in [0.1, 0.15) is 4.90 Å². The second-order valence-electron chi connectivity index (χ2n) is 9.10. The molecule has 0 spiro atoms. The minimum atomic E-state index is -3.86. The Morgan fingerprint density at radius 1 is 1.11 bits per heavy atom. The largest absolute Gasteiger partial charge is 0.335 e. The molecule has 0 radical (unpaired) electrons. The lowest BCUT2D eigenvalue weighted by Crippen LogP contribution is -2.67. The molecule has 4 rings (SSSR count). The molecule has 0 atom stereocenters. The number of rotatable bonds is 2. The number of nitrogens with zero attached hydrogens (tertiary/aromatic N) is 2. The van der Waals surface area contributed by atoms with Gasteiger partial charge in [-0.3, -0.25) is 9.59 Å². The van der Waals surface area contributed by atoms with E-state index in [4.69, 9.17) is 0 Å². The second kappa shape index (κ2) is 5.54. The Morgan fingerprint density at radius 3 is 2.26 bits per heavy atom. The Bertz CT molecular complexity index is 932. The van der Waals surface area contributed by atoms with Crippen molar-refractivity contribution in [3.63, 3.8) is 0 Å². The molecule has 1 aliphatic carbocycles. The number of carbonyl (C=O) groups is 2. The van der Waals surface area contributed by atoms with Gasteiger partial charge in [0.25, 0.3) is 21.8 Å². The number of hydrogen-bond donors (Lipinski definition) is 1. The maximum absolute atomic E-state index is 13.1. The van der Waals surface area contributed by atoms with Gasteiger partial charge < -0.3 is 10.2 Å². The highest BCUT2D eigenvalue weighted by Gasteiger charge is 2.49. The van der Waals surface area contributed by atoms with Crippen LogP contribution in [0.2, 0.25) is 0 Å². The second-order valence-corrected chi connectivity index (χ2v) is 10.9. The van der Waals surface area contributed by atoms with Gasteiger partial charge in [0.15, 0.2) is 0 Å². The van der Waals surface area contributed by atoms with Crippen molar-refractivity contribution in [2.45, 2.75) is 62.6 Å². The summed E-state index contributed by atoms with van der Waals surface area (Å²) in [5.74, 6) is -0.691. The van der Waals surface area contributed by atoms with E-state index in [0.29, 0.717) is 31.5 Å². The van der Waals surface area contributed by atoms with Crippen LogP contribution in [0.15, 0.2) is 23.1 Å². The third-order valence-corrected chi connectivity index (χ3v) is 7.09. The molecule has 0 unspecified atom stereocenters. The molecular formula is C19H25N3O4S. The molecule has 1 saturated carbocycles. The molecule has 1 N–H and O–H groups in total. The quantitative estimate of drug-likeness (QED) is 0.827. The third-order valence-electron chi connectivity index (χ3n) is 5.21. The third kappa shape index (κ3) is 3.04. The molecule has 1 saturated heterocycles. The van der Waals surface area contributed by atoms with Crippen molar-refractivity contribution < 1.29 is 18.0 Å². The van der Waals surface area contributed by atoms with E-state index in [9.17, 15) is 18.0 Å². The lowest BCUT2D eigenvalue weighted by atomic mass is 9.91. The number of piperazine rings is 1. The minimum absolute atomic E-state index is 0.0427. The molecule has 146 valence electrons. The van der Waals surface area contributed by atoms with E-state index in [2.05, 4.69) is 5.32 Å². The van der Waals surface area contributed by atoms with Crippen LogP contribution < -0.4 is 5.32 Å². The smallest absolute Gasteiger partial charge is 0.269 e. The number of hydrogen-bond acceptors (Lipinski definition) is 5. The van der Waals surface area contributed by atoms with Crippen molar-refractivity contribution in [2.24, 2.45) is 0 Å². The maximum atomic E-state index is 13.1. The summed E-state index contributed by atoms with van der Waals surface area (Å²) in [7, 11) is -3.86. The van der Waals surface area contributed by atoms with Crippen LogP contribution in [-0.2, 0) is 10.0 Å². The van der Waals surface area contributed by atoms with E-state index < -0.39 is 15.9 Å². The highest BCUT2D eigenvalue weighted by atomic mass is 32.2. The van der Waals surface area contributed by atoms with Crippen LogP contribution in [-0.4, -0.2) is 59.6 Å². The van der Waals surface area contributed by atoms with Gasteiger partial charge in [-0.25, -0.2) is 12.7 Å². The predicted molar refractivity (Wildman–Crippen MR) is 100 cm³/mol. The monoisotopic (exact) mass is 391 g/mol. The Labute approximate surface area is 159 Å². The van der Waals surface area contributed by atoms with E-state index in [1.165, 1.54) is 12.1 Å². The first-order valence-corrected chi connectivity index (χ1v) is 10.7. The van der Waals surface area contributed by atoms with Crippen LogP contribution in [0.25, 0.3) is 0 Å². The normalized spacial score (nSPS) is 25.4. The molecule has 2 fully saturated rings. The van der Waals surface area contributed by atoms with E-state index in [1.807, 2.05) is 27.7 Å². The highest BCUT2D eigenvalue weighted by molar-refractivity contribution is 7.90. The van der Waals surface area contributed by atoms with Gasteiger partial charge in [0, 0.05) is 35.8 Å². The molecule has 1 aromatic rings. The molecule has 7 nitrogen and oxygen atoms in total. The minimum Gasteiger partial charge on any atom is -0.335 e. The van der Waals surface area contributed by atoms with E-state index in [-0.39, 0.29) is 33.5 Å². The molecule has 2 aliphatic heterocycles. The number of fused-ring (bicyclic) bond motifs is 1. The molecule has 2 amide bonds. The molecule has 0 aromatic heterocycles. The van der Waals surface area contributed by atoms with E-state index in [0.717, 1.165) is 4.31 Å². The molecular weight excluding hydrogens is 366 g/mol. The first-order chi connectivity index (χ1) is 12.4. The number of benzene rings is 1. The summed E-state index contributed by atoms with van der Waals surface area (Å²) in [6.07, 6.45) is 1.41. The maximum Gasteiger partial charge on any atom is 0.269 e. The van der Waals surface area contributed by atoms with Gasteiger partial charge in [-0.15, -0.1) is 0 Å². The summed E-state index contributed by atoms with van der Waals surface area (Å²) in [6.45, 7) is 9.18. The fourth-order valence-corrected chi connectivity index (χ4v) is 6.22. The fraction of sp³-hybridized carbons (Fsp3) is 0.579. The molecule has 2 heterocycles. The average Bonchev–Trinajstić information content (AvgIpc) is 3.32. The topological polar surface area (TPSA) is 86.8 Å². The predicted octanol–water partition coefficient (Wildman–Crippen LogP) is 1.60. The Hall–Kier alpha value is -1.93. The zero-order chi connectivity index (χ0) is 19.8. The van der Waals surface area contributed by atoms with Crippen LogP contribution >= 0.6 is 0 Å². The zero-order valence-corrected chi connectivity index (χ0v) is 16.9. The first-order valence-electron chi connectivity index (χ1n) is 9.23. The first kappa shape index (κ1) is 18.4. The van der Waals surface area contributed by atoms with Gasteiger partial charge >= 0.3 is 0 Å². The highest BCUT2D eigenvalue weighted by Crippen LogP contribution is 2.39. The van der Waals surface area contributed by atoms with Crippen LogP contribution in [0, 0.1) is 0 Å². The van der Waals surface area contributed by atoms with Gasteiger partial charge in [0.05, 0.1) is 5.56 Å². The van der Waals surface area contributed by atoms with Crippen LogP contribution in [0.3, 0.4) is 0 Å². The van der Waals surface area contributed by atoms with Crippen molar-refractivity contribution in [1.29, 1.82) is 0 Å². The summed E-state index contributed by atoms with van der Waals surface area (Å²) in [5, 5.41) is 3.51. The van der Waals surface area contributed by atoms with Crippen LogP contribution in [0.5, 0.6) is 0 Å². The Kier molecular flexibility index (Phi) is 3.79. The van der Waals surface area contributed by atoms with Crippen molar-refractivity contribution in [3.8, 4) is 0 Å². The summed E-state index contributed by atoms with van der Waals surface area (Å²) >= 11 is 0. The molecule has 27 heavy (non-hydrogen) atoms. The van der Waals surface area contributed by atoms with E-state index >= 15 is 0 Å². The lowest BCUT2D eigenvalue weighted by molar-refractivity contribution is 0.0471. The summed E-state index contributed by atoms with van der Waals surface area (Å²) in [4.78, 5) is 27.3. The number of amides is 2. The van der Waals surface area contributed by atoms with Crippen molar-refractivity contribution in [1.82, 2.24) is 14.5 Å². The Morgan fingerprint density at radius 2 is 1.70 bits per heavy atom. The molecule has 1 aromatic carbocycles. The fourth-order valence-electron chi connectivity index (χ4n) is 4.38. The summed E-state index contributed by atoms with van der Waals surface area (Å²) in [6, 6.07) is 4.18. The lowest BCUT2D eigenvalue weighted by Gasteiger charge is -2.48. The standard InChI is InChI=1S/C19H25N3O4S/c1-18(2)10-21(11-19(3,4)20-18)16(23)12-5-8-14-15(9-12)27(25,26)22(17(14)24)13-6-7-13/h5,8-9,13,20H,6-7,10-11H2,1-4H3. The number of carbonyl (C=O) groups excluding carboxylic acids is 2. The van der Waals surface area contributed by atoms with Crippen LogP contribution in [0.4, 0.5) is 0 Å². The molecule has 0 bridgehead atoms. The van der Waals surface area contributed by atoms with Gasteiger partial charge in [-0.1, -0.05) is 0 Å². The van der Waals surface area contributed by atoms with Crippen molar-refractivity contribution >= 4 is 21.8 Å².